The molecule has 150 valence electrons. The molecule has 1 amide bonds. The third-order valence-corrected chi connectivity index (χ3v) is 6.38. The Morgan fingerprint density at radius 1 is 1.00 bits per heavy atom. The SMILES string of the molecule is Cc1ccc(NC(=O)c2cccc(Cl)c2Cl)cc1S(=O)(=O)Nc1ccccc1F. The maximum atomic E-state index is 13.8. The third-order valence-electron chi connectivity index (χ3n) is 4.05. The van der Waals surface area contributed by atoms with Crippen molar-refractivity contribution < 1.29 is 17.6 Å². The zero-order valence-corrected chi connectivity index (χ0v) is 17.4. The van der Waals surface area contributed by atoms with Crippen LogP contribution in [0.2, 0.25) is 10.0 Å². The number of rotatable bonds is 5. The molecule has 0 saturated carbocycles. The van der Waals surface area contributed by atoms with Crippen LogP contribution in [-0.4, -0.2) is 14.3 Å². The molecule has 0 heterocycles. The van der Waals surface area contributed by atoms with E-state index in [2.05, 4.69) is 10.0 Å². The molecule has 0 atom stereocenters. The van der Waals surface area contributed by atoms with Gasteiger partial charge in [-0.3, -0.25) is 9.52 Å². The van der Waals surface area contributed by atoms with Crippen LogP contribution in [-0.2, 0) is 10.0 Å². The smallest absolute Gasteiger partial charge is 0.262 e. The Kier molecular flexibility index (Phi) is 6.12. The molecule has 0 fully saturated rings. The lowest BCUT2D eigenvalue weighted by molar-refractivity contribution is 0.102. The van der Waals surface area contributed by atoms with Crippen LogP contribution in [0.3, 0.4) is 0 Å². The number of nitrogens with one attached hydrogen (secondary N) is 2. The summed E-state index contributed by atoms with van der Waals surface area (Å²) >= 11 is 12.0. The van der Waals surface area contributed by atoms with Gasteiger partial charge < -0.3 is 5.32 Å². The minimum atomic E-state index is -4.09. The van der Waals surface area contributed by atoms with E-state index in [-0.39, 0.29) is 31.9 Å². The number of aryl methyl sites for hydroxylation is 1. The summed E-state index contributed by atoms with van der Waals surface area (Å²) in [6.45, 7) is 1.59. The highest BCUT2D eigenvalue weighted by Gasteiger charge is 2.20. The van der Waals surface area contributed by atoms with Crippen LogP contribution in [0.1, 0.15) is 15.9 Å². The average molecular weight is 453 g/mol. The molecule has 2 N–H and O–H groups in total. The van der Waals surface area contributed by atoms with Gasteiger partial charge in [0.05, 0.1) is 26.2 Å². The summed E-state index contributed by atoms with van der Waals surface area (Å²) in [6, 6.07) is 14.4. The molecule has 0 radical (unpaired) electrons. The number of benzene rings is 3. The minimum absolute atomic E-state index is 0.0906. The molecule has 0 spiro atoms. The van der Waals surface area contributed by atoms with E-state index in [9.17, 15) is 17.6 Å². The third kappa shape index (κ3) is 4.70. The van der Waals surface area contributed by atoms with Crippen LogP contribution in [0, 0.1) is 12.7 Å². The van der Waals surface area contributed by atoms with Crippen molar-refractivity contribution in [3.63, 3.8) is 0 Å². The second kappa shape index (κ2) is 8.41. The van der Waals surface area contributed by atoms with E-state index in [1.807, 2.05) is 0 Å². The highest BCUT2D eigenvalue weighted by molar-refractivity contribution is 7.92. The van der Waals surface area contributed by atoms with Crippen LogP contribution in [0.25, 0.3) is 0 Å². The minimum Gasteiger partial charge on any atom is -0.322 e. The molecule has 0 unspecified atom stereocenters. The monoisotopic (exact) mass is 452 g/mol. The van der Waals surface area contributed by atoms with E-state index in [0.29, 0.717) is 5.56 Å². The summed E-state index contributed by atoms with van der Waals surface area (Å²) < 4.78 is 41.6. The quantitative estimate of drug-likeness (QED) is 0.536. The molecule has 0 saturated heterocycles. The molecule has 0 aromatic heterocycles. The van der Waals surface area contributed by atoms with Gasteiger partial charge in [0.15, 0.2) is 0 Å². The first-order valence-electron chi connectivity index (χ1n) is 8.32. The zero-order valence-electron chi connectivity index (χ0n) is 15.0. The van der Waals surface area contributed by atoms with Crippen molar-refractivity contribution in [2.24, 2.45) is 0 Å². The van der Waals surface area contributed by atoms with Gasteiger partial charge >= 0.3 is 0 Å². The molecule has 5 nitrogen and oxygen atoms in total. The van der Waals surface area contributed by atoms with Crippen molar-refractivity contribution in [3.8, 4) is 0 Å². The molecule has 3 aromatic rings. The van der Waals surface area contributed by atoms with Crippen molar-refractivity contribution in [2.45, 2.75) is 11.8 Å². The number of hydrogen-bond acceptors (Lipinski definition) is 3. The number of amides is 1. The fraction of sp³-hybridized carbons (Fsp3) is 0.0500. The lowest BCUT2D eigenvalue weighted by Gasteiger charge is -2.13. The summed E-state index contributed by atoms with van der Waals surface area (Å²) in [7, 11) is -4.09. The Labute approximate surface area is 177 Å². The van der Waals surface area contributed by atoms with Crippen LogP contribution in [0.4, 0.5) is 15.8 Å². The topological polar surface area (TPSA) is 75.3 Å². The van der Waals surface area contributed by atoms with E-state index in [1.54, 1.807) is 25.1 Å². The Morgan fingerprint density at radius 2 is 1.72 bits per heavy atom. The predicted octanol–water partition coefficient (Wildman–Crippen LogP) is 5.49. The molecular weight excluding hydrogens is 438 g/mol. The molecular formula is C20H15Cl2FN2O3S. The second-order valence-corrected chi connectivity index (χ2v) is 8.56. The van der Waals surface area contributed by atoms with Gasteiger partial charge in [-0.1, -0.05) is 47.5 Å². The van der Waals surface area contributed by atoms with Gasteiger partial charge in [-0.2, -0.15) is 0 Å². The first-order chi connectivity index (χ1) is 13.7. The van der Waals surface area contributed by atoms with E-state index in [1.165, 1.54) is 36.4 Å². The summed E-state index contributed by atoms with van der Waals surface area (Å²) in [5.74, 6) is -1.25. The standard InChI is InChI=1S/C20H15Cl2FN2O3S/c1-12-9-10-13(24-20(26)14-5-4-6-15(21)19(14)22)11-18(12)29(27,28)25-17-8-3-2-7-16(17)23/h2-11,25H,1H3,(H,24,26). The van der Waals surface area contributed by atoms with Crippen LogP contribution in [0.15, 0.2) is 65.6 Å². The Bertz CT molecular complexity index is 1200. The van der Waals surface area contributed by atoms with E-state index >= 15 is 0 Å². The van der Waals surface area contributed by atoms with Gasteiger partial charge in [-0.05, 0) is 48.9 Å². The number of para-hydroxylation sites is 1. The van der Waals surface area contributed by atoms with Crippen molar-refractivity contribution in [2.75, 3.05) is 10.0 Å². The van der Waals surface area contributed by atoms with Crippen molar-refractivity contribution >= 4 is 50.5 Å². The normalized spacial score (nSPS) is 11.2. The number of carbonyl (C=O) groups is 1. The lowest BCUT2D eigenvalue weighted by Crippen LogP contribution is -2.17. The van der Waals surface area contributed by atoms with Crippen LogP contribution < -0.4 is 10.0 Å². The lowest BCUT2D eigenvalue weighted by atomic mass is 10.2. The van der Waals surface area contributed by atoms with Gasteiger partial charge in [0.25, 0.3) is 15.9 Å². The summed E-state index contributed by atoms with van der Waals surface area (Å²) in [5, 5.41) is 2.91. The van der Waals surface area contributed by atoms with Crippen molar-refractivity contribution in [1.82, 2.24) is 0 Å². The molecule has 0 aliphatic carbocycles. The molecule has 3 rings (SSSR count). The van der Waals surface area contributed by atoms with Crippen LogP contribution >= 0.6 is 23.2 Å². The van der Waals surface area contributed by atoms with Crippen molar-refractivity contribution in [1.29, 1.82) is 0 Å². The maximum Gasteiger partial charge on any atom is 0.262 e. The molecule has 0 aliphatic rings. The van der Waals surface area contributed by atoms with Gasteiger partial charge in [0.2, 0.25) is 0 Å². The Hall–Kier alpha value is -2.61. The average Bonchev–Trinajstić information content (AvgIpc) is 2.67. The van der Waals surface area contributed by atoms with Crippen molar-refractivity contribution in [3.05, 3.63) is 87.7 Å². The van der Waals surface area contributed by atoms with Gasteiger partial charge in [-0.15, -0.1) is 0 Å². The predicted molar refractivity (Wildman–Crippen MR) is 113 cm³/mol. The largest absolute Gasteiger partial charge is 0.322 e. The zero-order chi connectivity index (χ0) is 21.2. The number of hydrogen-bond donors (Lipinski definition) is 2. The first-order valence-corrected chi connectivity index (χ1v) is 10.6. The molecule has 29 heavy (non-hydrogen) atoms. The number of carbonyl (C=O) groups excluding carboxylic acids is 1. The molecule has 0 bridgehead atoms. The maximum absolute atomic E-state index is 13.8. The van der Waals surface area contributed by atoms with E-state index in [0.717, 1.165) is 6.07 Å². The fourth-order valence-electron chi connectivity index (χ4n) is 2.59. The second-order valence-electron chi connectivity index (χ2n) is 6.12. The summed E-state index contributed by atoms with van der Waals surface area (Å²) in [6.07, 6.45) is 0. The highest BCUT2D eigenvalue weighted by atomic mass is 35.5. The fourth-order valence-corrected chi connectivity index (χ4v) is 4.31. The number of anilines is 2. The summed E-state index contributed by atoms with van der Waals surface area (Å²) in [5.41, 5.74) is 0.624. The summed E-state index contributed by atoms with van der Waals surface area (Å²) in [4.78, 5) is 12.4. The number of halogens is 3. The van der Waals surface area contributed by atoms with Gasteiger partial charge in [-0.25, -0.2) is 12.8 Å². The van der Waals surface area contributed by atoms with Crippen LogP contribution in [0.5, 0.6) is 0 Å². The number of sulfonamides is 1. The molecule has 9 heteroatoms. The molecule has 3 aromatic carbocycles. The van der Waals surface area contributed by atoms with E-state index < -0.39 is 21.7 Å². The Balaban J connectivity index is 1.91. The Morgan fingerprint density at radius 3 is 2.45 bits per heavy atom. The van der Waals surface area contributed by atoms with Gasteiger partial charge in [0, 0.05) is 5.69 Å². The van der Waals surface area contributed by atoms with Gasteiger partial charge in [0.1, 0.15) is 5.82 Å². The molecule has 0 aliphatic heterocycles. The van der Waals surface area contributed by atoms with E-state index in [4.69, 9.17) is 23.2 Å². The first kappa shape index (κ1) is 21.1. The highest BCUT2D eigenvalue weighted by Crippen LogP contribution is 2.28.